The summed E-state index contributed by atoms with van der Waals surface area (Å²) in [5.74, 6) is 0.153. The van der Waals surface area contributed by atoms with Gasteiger partial charge in [-0.2, -0.15) is 0 Å². The first kappa shape index (κ1) is 15.0. The lowest BCUT2D eigenvalue weighted by Gasteiger charge is -2.29. The van der Waals surface area contributed by atoms with E-state index >= 15 is 0 Å². The van der Waals surface area contributed by atoms with Crippen molar-refractivity contribution < 1.29 is 9.59 Å². The molecule has 20 heavy (non-hydrogen) atoms. The molecule has 1 aromatic heterocycles. The van der Waals surface area contributed by atoms with E-state index in [9.17, 15) is 9.59 Å². The number of piperidine rings is 1. The molecular weight excluding hydrogens is 274 g/mol. The van der Waals surface area contributed by atoms with Gasteiger partial charge in [-0.05, 0) is 19.8 Å². The predicted octanol–water partition coefficient (Wildman–Crippen LogP) is 1.55. The number of hydrogen-bond donors (Lipinski definition) is 0. The van der Waals surface area contributed by atoms with Gasteiger partial charge in [0.1, 0.15) is 0 Å². The molecule has 2 amide bonds. The Morgan fingerprint density at radius 1 is 1.50 bits per heavy atom. The van der Waals surface area contributed by atoms with Crippen LogP contribution >= 0.6 is 11.3 Å². The van der Waals surface area contributed by atoms with Crippen LogP contribution in [-0.4, -0.2) is 52.8 Å². The van der Waals surface area contributed by atoms with E-state index in [0.717, 1.165) is 24.3 Å². The molecule has 0 atom stereocenters. The molecule has 0 radical (unpaired) electrons. The lowest BCUT2D eigenvalue weighted by Crippen LogP contribution is -2.45. The van der Waals surface area contributed by atoms with Crippen LogP contribution in [0.4, 0.5) is 0 Å². The number of thiazole rings is 1. The molecule has 0 unspecified atom stereocenters. The average Bonchev–Trinajstić information content (AvgIpc) is 2.95. The van der Waals surface area contributed by atoms with Gasteiger partial charge in [-0.3, -0.25) is 9.59 Å². The van der Waals surface area contributed by atoms with Crippen LogP contribution in [0.5, 0.6) is 0 Å². The minimum Gasteiger partial charge on any atom is -0.341 e. The normalized spacial score (nSPS) is 15.4. The fraction of sp³-hybridized carbons (Fsp3) is 0.643. The number of carbonyl (C=O) groups excluding carboxylic acids is 2. The lowest BCUT2D eigenvalue weighted by atomic mass is 10.1. The highest BCUT2D eigenvalue weighted by molar-refractivity contribution is 7.09. The first-order chi connectivity index (χ1) is 9.70. The van der Waals surface area contributed by atoms with E-state index in [2.05, 4.69) is 4.98 Å². The van der Waals surface area contributed by atoms with E-state index in [1.54, 1.807) is 22.4 Å². The summed E-state index contributed by atoms with van der Waals surface area (Å²) in [6.45, 7) is 4.26. The molecule has 0 N–H and O–H groups in total. The van der Waals surface area contributed by atoms with Crippen molar-refractivity contribution in [3.05, 3.63) is 16.6 Å². The highest BCUT2D eigenvalue weighted by Gasteiger charge is 2.22. The lowest BCUT2D eigenvalue weighted by molar-refractivity contribution is -0.141. The van der Waals surface area contributed by atoms with Gasteiger partial charge in [0.15, 0.2) is 0 Å². The SMILES string of the molecule is CCN(CCc1nccs1)C(=O)CN1CCCCC1=O. The zero-order chi connectivity index (χ0) is 14.4. The van der Waals surface area contributed by atoms with E-state index in [-0.39, 0.29) is 18.4 Å². The molecule has 110 valence electrons. The number of rotatable bonds is 6. The molecule has 5 nitrogen and oxygen atoms in total. The topological polar surface area (TPSA) is 53.5 Å². The molecule has 1 fully saturated rings. The van der Waals surface area contributed by atoms with Crippen LogP contribution in [0.15, 0.2) is 11.6 Å². The summed E-state index contributed by atoms with van der Waals surface area (Å²) in [6.07, 6.45) is 5.10. The molecule has 2 heterocycles. The number of likely N-dealkylation sites (tertiary alicyclic amines) is 1. The highest BCUT2D eigenvalue weighted by atomic mass is 32.1. The van der Waals surface area contributed by atoms with Crippen LogP contribution in [0.25, 0.3) is 0 Å². The third kappa shape index (κ3) is 4.03. The van der Waals surface area contributed by atoms with Gasteiger partial charge < -0.3 is 9.80 Å². The van der Waals surface area contributed by atoms with Gasteiger partial charge in [0, 0.05) is 44.1 Å². The monoisotopic (exact) mass is 295 g/mol. The smallest absolute Gasteiger partial charge is 0.242 e. The van der Waals surface area contributed by atoms with Crippen LogP contribution in [-0.2, 0) is 16.0 Å². The van der Waals surface area contributed by atoms with E-state index in [0.29, 0.717) is 26.1 Å². The Morgan fingerprint density at radius 2 is 2.35 bits per heavy atom. The van der Waals surface area contributed by atoms with Gasteiger partial charge >= 0.3 is 0 Å². The number of likely N-dealkylation sites (N-methyl/N-ethyl adjacent to an activating group) is 1. The van der Waals surface area contributed by atoms with Crippen molar-refractivity contribution in [2.24, 2.45) is 0 Å². The van der Waals surface area contributed by atoms with Crippen molar-refractivity contribution >= 4 is 23.2 Å². The molecule has 1 aromatic rings. The van der Waals surface area contributed by atoms with Gasteiger partial charge in [0.05, 0.1) is 11.6 Å². The Bertz CT molecular complexity index is 447. The number of amides is 2. The van der Waals surface area contributed by atoms with Crippen molar-refractivity contribution in [2.45, 2.75) is 32.6 Å². The molecule has 0 aromatic carbocycles. The second-order valence-electron chi connectivity index (χ2n) is 4.92. The van der Waals surface area contributed by atoms with E-state index in [1.807, 2.05) is 17.2 Å². The van der Waals surface area contributed by atoms with Crippen molar-refractivity contribution in [3.63, 3.8) is 0 Å². The molecule has 6 heteroatoms. The Labute approximate surface area is 123 Å². The molecule has 1 aliphatic heterocycles. The zero-order valence-corrected chi connectivity index (χ0v) is 12.7. The largest absolute Gasteiger partial charge is 0.341 e. The minimum atomic E-state index is 0.0410. The summed E-state index contributed by atoms with van der Waals surface area (Å²) in [5, 5.41) is 2.99. The maximum atomic E-state index is 12.3. The minimum absolute atomic E-state index is 0.0410. The zero-order valence-electron chi connectivity index (χ0n) is 11.9. The van der Waals surface area contributed by atoms with E-state index < -0.39 is 0 Å². The number of carbonyl (C=O) groups is 2. The van der Waals surface area contributed by atoms with Gasteiger partial charge in [-0.1, -0.05) is 0 Å². The molecular formula is C14H21N3O2S. The molecule has 0 aliphatic carbocycles. The van der Waals surface area contributed by atoms with E-state index in [4.69, 9.17) is 0 Å². The summed E-state index contributed by atoms with van der Waals surface area (Å²) in [4.78, 5) is 31.7. The Kier molecular flexibility index (Phi) is 5.52. The first-order valence-corrected chi connectivity index (χ1v) is 8.02. The van der Waals surface area contributed by atoms with Gasteiger partial charge in [0.2, 0.25) is 11.8 Å². The highest BCUT2D eigenvalue weighted by Crippen LogP contribution is 2.11. The number of hydrogen-bond acceptors (Lipinski definition) is 4. The third-order valence-corrected chi connectivity index (χ3v) is 4.40. The van der Waals surface area contributed by atoms with Crippen LogP contribution in [0, 0.1) is 0 Å². The average molecular weight is 295 g/mol. The Balaban J connectivity index is 1.83. The van der Waals surface area contributed by atoms with Gasteiger partial charge in [-0.25, -0.2) is 4.98 Å². The molecule has 0 saturated carbocycles. The second kappa shape index (κ2) is 7.38. The standard InChI is InChI=1S/C14H21N3O2S/c1-2-16(9-6-12-15-7-10-20-12)14(19)11-17-8-4-3-5-13(17)18/h7,10H,2-6,8-9,11H2,1H3. The fourth-order valence-electron chi connectivity index (χ4n) is 2.36. The maximum absolute atomic E-state index is 12.3. The second-order valence-corrected chi connectivity index (χ2v) is 5.90. The third-order valence-electron chi connectivity index (χ3n) is 3.56. The Morgan fingerprint density at radius 3 is 3.00 bits per heavy atom. The number of aromatic nitrogens is 1. The Hall–Kier alpha value is -1.43. The van der Waals surface area contributed by atoms with Gasteiger partial charge in [-0.15, -0.1) is 11.3 Å². The fourth-order valence-corrected chi connectivity index (χ4v) is 2.97. The summed E-state index contributed by atoms with van der Waals surface area (Å²) < 4.78 is 0. The summed E-state index contributed by atoms with van der Waals surface area (Å²) >= 11 is 1.61. The summed E-state index contributed by atoms with van der Waals surface area (Å²) in [5.41, 5.74) is 0. The van der Waals surface area contributed by atoms with Crippen molar-refractivity contribution in [1.82, 2.24) is 14.8 Å². The molecule has 0 bridgehead atoms. The molecule has 1 saturated heterocycles. The van der Waals surface area contributed by atoms with Crippen molar-refractivity contribution in [3.8, 4) is 0 Å². The van der Waals surface area contributed by atoms with Crippen LogP contribution in [0.1, 0.15) is 31.2 Å². The number of nitrogens with zero attached hydrogens (tertiary/aromatic N) is 3. The van der Waals surface area contributed by atoms with Crippen molar-refractivity contribution in [1.29, 1.82) is 0 Å². The van der Waals surface area contributed by atoms with E-state index in [1.165, 1.54) is 0 Å². The molecule has 1 aliphatic rings. The summed E-state index contributed by atoms with van der Waals surface area (Å²) in [6, 6.07) is 0. The first-order valence-electron chi connectivity index (χ1n) is 7.14. The van der Waals surface area contributed by atoms with Crippen LogP contribution < -0.4 is 0 Å². The molecule has 0 spiro atoms. The quantitative estimate of drug-likeness (QED) is 0.800. The van der Waals surface area contributed by atoms with Crippen molar-refractivity contribution in [2.75, 3.05) is 26.2 Å². The van der Waals surface area contributed by atoms with Crippen LogP contribution in [0.2, 0.25) is 0 Å². The van der Waals surface area contributed by atoms with Crippen LogP contribution in [0.3, 0.4) is 0 Å². The predicted molar refractivity (Wildman–Crippen MR) is 78.5 cm³/mol. The summed E-state index contributed by atoms with van der Waals surface area (Å²) in [7, 11) is 0. The maximum Gasteiger partial charge on any atom is 0.242 e. The van der Waals surface area contributed by atoms with Gasteiger partial charge in [0.25, 0.3) is 0 Å². The molecule has 2 rings (SSSR count).